The molecular formula is C11H11IO3. The summed E-state index contributed by atoms with van der Waals surface area (Å²) in [4.78, 5) is 11.4. The van der Waals surface area contributed by atoms with E-state index in [9.17, 15) is 4.79 Å². The van der Waals surface area contributed by atoms with Gasteiger partial charge < -0.3 is 9.15 Å². The van der Waals surface area contributed by atoms with Crippen molar-refractivity contribution < 1.29 is 13.9 Å². The Morgan fingerprint density at radius 2 is 2.40 bits per heavy atom. The zero-order valence-corrected chi connectivity index (χ0v) is 10.5. The zero-order valence-electron chi connectivity index (χ0n) is 8.33. The highest BCUT2D eigenvalue weighted by Crippen LogP contribution is 2.22. The number of alkyl halides is 1. The average molecular weight is 318 g/mol. The number of halogens is 1. The van der Waals surface area contributed by atoms with Gasteiger partial charge in [0.1, 0.15) is 21.7 Å². The van der Waals surface area contributed by atoms with Crippen molar-refractivity contribution in [2.75, 3.05) is 0 Å². The van der Waals surface area contributed by atoms with Gasteiger partial charge in [-0.25, -0.2) is 0 Å². The molecule has 0 amide bonds. The number of rotatable bonds is 4. The lowest BCUT2D eigenvalue weighted by atomic mass is 10.2. The van der Waals surface area contributed by atoms with Gasteiger partial charge >= 0.3 is 5.97 Å². The molecule has 0 spiro atoms. The summed E-state index contributed by atoms with van der Waals surface area (Å²) in [5, 5.41) is 0. The van der Waals surface area contributed by atoms with Gasteiger partial charge in [-0.3, -0.25) is 4.79 Å². The fourth-order valence-corrected chi connectivity index (χ4v) is 1.54. The van der Waals surface area contributed by atoms with Gasteiger partial charge in [0.15, 0.2) is 0 Å². The van der Waals surface area contributed by atoms with E-state index in [1.807, 2.05) is 25.1 Å². The highest BCUT2D eigenvalue weighted by atomic mass is 127. The van der Waals surface area contributed by atoms with E-state index in [0.717, 1.165) is 23.2 Å². The molecule has 0 aliphatic carbocycles. The molecule has 0 N–H and O–H groups in total. The lowest BCUT2D eigenvalue weighted by molar-refractivity contribution is -0.143. The number of benzene rings is 1. The highest BCUT2D eigenvalue weighted by Gasteiger charge is 2.15. The molecule has 2 rings (SSSR count). The summed E-state index contributed by atoms with van der Waals surface area (Å²) in [6.45, 7) is 2.27. The molecule has 0 radical (unpaired) electrons. The normalized spacial score (nSPS) is 13.2. The summed E-state index contributed by atoms with van der Waals surface area (Å²) < 4.78 is 10.4. The van der Waals surface area contributed by atoms with Crippen LogP contribution in [-0.4, -0.2) is 9.89 Å². The zero-order chi connectivity index (χ0) is 10.8. The molecule has 1 atom stereocenters. The van der Waals surface area contributed by atoms with Crippen molar-refractivity contribution in [1.29, 1.82) is 0 Å². The first kappa shape index (κ1) is 10.7. The van der Waals surface area contributed by atoms with Crippen molar-refractivity contribution >= 4 is 39.7 Å². The second-order valence-corrected chi connectivity index (χ2v) is 4.86. The van der Waals surface area contributed by atoms with Crippen LogP contribution >= 0.6 is 22.6 Å². The Bertz CT molecular complexity index is 449. The van der Waals surface area contributed by atoms with Gasteiger partial charge in [0.25, 0.3) is 0 Å². The Morgan fingerprint density at radius 1 is 1.60 bits per heavy atom. The molecular weight excluding hydrogens is 307 g/mol. The SMILES string of the molecule is CCC(I)C(=O)OCc1cc2ccc1o2. The number of ether oxygens (including phenoxy) is 1. The third-order valence-electron chi connectivity index (χ3n) is 2.24. The second kappa shape index (κ2) is 4.38. The Balaban J connectivity index is 1.93. The van der Waals surface area contributed by atoms with Crippen molar-refractivity contribution in [3.63, 3.8) is 0 Å². The minimum absolute atomic E-state index is 0.0593. The van der Waals surface area contributed by atoms with Gasteiger partial charge in [0.05, 0.1) is 0 Å². The maximum Gasteiger partial charge on any atom is 0.319 e. The van der Waals surface area contributed by atoms with E-state index in [2.05, 4.69) is 22.6 Å². The van der Waals surface area contributed by atoms with Crippen LogP contribution in [0.4, 0.5) is 0 Å². The molecule has 0 saturated heterocycles. The topological polar surface area (TPSA) is 39.4 Å². The van der Waals surface area contributed by atoms with Crippen molar-refractivity contribution in [3.8, 4) is 0 Å². The summed E-state index contributed by atoms with van der Waals surface area (Å²) in [5.74, 6) is -0.156. The summed E-state index contributed by atoms with van der Waals surface area (Å²) in [6, 6.07) is 5.68. The van der Waals surface area contributed by atoms with E-state index in [1.165, 1.54) is 0 Å². The van der Waals surface area contributed by atoms with Gasteiger partial charge in [-0.2, -0.15) is 0 Å². The largest absolute Gasteiger partial charge is 0.460 e. The summed E-state index contributed by atoms with van der Waals surface area (Å²) in [6.07, 6.45) is 0.794. The first-order valence-electron chi connectivity index (χ1n) is 4.82. The molecule has 4 heteroatoms. The van der Waals surface area contributed by atoms with Crippen LogP contribution in [0, 0.1) is 0 Å². The molecule has 0 fully saturated rings. The third kappa shape index (κ3) is 2.25. The van der Waals surface area contributed by atoms with E-state index in [0.29, 0.717) is 6.61 Å². The lowest BCUT2D eigenvalue weighted by Gasteiger charge is -2.06. The van der Waals surface area contributed by atoms with Crippen molar-refractivity contribution in [2.24, 2.45) is 0 Å². The molecule has 2 aromatic rings. The van der Waals surface area contributed by atoms with Crippen LogP contribution in [0.1, 0.15) is 18.9 Å². The number of hydrogen-bond acceptors (Lipinski definition) is 3. The van der Waals surface area contributed by atoms with Crippen LogP contribution in [0.15, 0.2) is 22.6 Å². The molecule has 2 heterocycles. The first-order chi connectivity index (χ1) is 7.20. The molecule has 0 aliphatic rings. The molecule has 3 nitrogen and oxygen atoms in total. The fraction of sp³-hybridized carbons (Fsp3) is 0.364. The summed E-state index contributed by atoms with van der Waals surface area (Å²) in [7, 11) is 0. The molecule has 0 aromatic carbocycles. The second-order valence-electron chi connectivity index (χ2n) is 3.36. The third-order valence-corrected chi connectivity index (χ3v) is 3.63. The van der Waals surface area contributed by atoms with Crippen LogP contribution in [0.25, 0.3) is 11.2 Å². The van der Waals surface area contributed by atoms with Crippen LogP contribution in [0.5, 0.6) is 0 Å². The van der Waals surface area contributed by atoms with Crippen molar-refractivity contribution in [1.82, 2.24) is 0 Å². The minimum atomic E-state index is -0.156. The Hall–Kier alpha value is -0.780. The van der Waals surface area contributed by atoms with Crippen LogP contribution in [0.3, 0.4) is 0 Å². The van der Waals surface area contributed by atoms with Crippen LogP contribution < -0.4 is 0 Å². The molecule has 80 valence electrons. The van der Waals surface area contributed by atoms with Gasteiger partial charge in [-0.1, -0.05) is 29.5 Å². The van der Waals surface area contributed by atoms with Crippen LogP contribution in [0.2, 0.25) is 0 Å². The Morgan fingerprint density at radius 3 is 2.93 bits per heavy atom. The quantitative estimate of drug-likeness (QED) is 0.494. The average Bonchev–Trinajstić information content (AvgIpc) is 2.86. The van der Waals surface area contributed by atoms with Gasteiger partial charge in [-0.05, 0) is 24.6 Å². The Kier molecular flexibility index (Phi) is 3.14. The van der Waals surface area contributed by atoms with Gasteiger partial charge in [-0.15, -0.1) is 0 Å². The summed E-state index contributed by atoms with van der Waals surface area (Å²) >= 11 is 2.09. The van der Waals surface area contributed by atoms with Crippen LogP contribution in [-0.2, 0) is 16.1 Å². The van der Waals surface area contributed by atoms with Crippen molar-refractivity contribution in [2.45, 2.75) is 23.9 Å². The summed E-state index contributed by atoms with van der Waals surface area (Å²) in [5.41, 5.74) is 2.58. The number of fused-ring (bicyclic) bond motifs is 2. The number of carbonyl (C=O) groups excluding carboxylic acids is 1. The number of esters is 1. The molecule has 15 heavy (non-hydrogen) atoms. The van der Waals surface area contributed by atoms with Gasteiger partial charge in [0.2, 0.25) is 0 Å². The molecule has 2 bridgehead atoms. The van der Waals surface area contributed by atoms with E-state index < -0.39 is 0 Å². The van der Waals surface area contributed by atoms with E-state index in [1.54, 1.807) is 0 Å². The van der Waals surface area contributed by atoms with Gasteiger partial charge in [0, 0.05) is 5.56 Å². The van der Waals surface area contributed by atoms with E-state index in [4.69, 9.17) is 9.15 Å². The number of furan rings is 2. The fourth-order valence-electron chi connectivity index (χ4n) is 1.36. The van der Waals surface area contributed by atoms with E-state index >= 15 is 0 Å². The molecule has 0 saturated carbocycles. The predicted octanol–water partition coefficient (Wildman–Crippen LogP) is 3.13. The number of carbonyl (C=O) groups is 1. The van der Waals surface area contributed by atoms with Crippen molar-refractivity contribution in [3.05, 3.63) is 23.8 Å². The predicted molar refractivity (Wildman–Crippen MR) is 65.3 cm³/mol. The standard InChI is InChI=1S/C11H11IO3/c1-2-9(12)11(13)14-6-7-5-8-3-4-10(7)15-8/h3-5,9H,2,6H2,1H3. The maximum absolute atomic E-state index is 11.4. The minimum Gasteiger partial charge on any atom is -0.460 e. The molecule has 2 aromatic heterocycles. The number of hydrogen-bond donors (Lipinski definition) is 0. The molecule has 1 unspecified atom stereocenters. The monoisotopic (exact) mass is 318 g/mol. The maximum atomic E-state index is 11.4. The highest BCUT2D eigenvalue weighted by molar-refractivity contribution is 14.1. The smallest absolute Gasteiger partial charge is 0.319 e. The van der Waals surface area contributed by atoms with E-state index in [-0.39, 0.29) is 9.89 Å². The lowest BCUT2D eigenvalue weighted by Crippen LogP contribution is -2.15. The first-order valence-corrected chi connectivity index (χ1v) is 6.06. The Labute approximate surface area is 101 Å². The molecule has 0 aliphatic heterocycles.